The van der Waals surface area contributed by atoms with E-state index >= 15 is 8.78 Å². The van der Waals surface area contributed by atoms with E-state index in [1.54, 1.807) is 36.4 Å². The Morgan fingerprint density at radius 1 is 1.10 bits per heavy atom. The summed E-state index contributed by atoms with van der Waals surface area (Å²) in [5, 5.41) is 16.7. The largest absolute Gasteiger partial charge is 0.381 e. The van der Waals surface area contributed by atoms with Crippen LogP contribution in [0.2, 0.25) is 0 Å². The van der Waals surface area contributed by atoms with Crippen LogP contribution in [0.25, 0.3) is 0 Å². The van der Waals surface area contributed by atoms with Gasteiger partial charge in [-0.2, -0.15) is 19.1 Å². The fourth-order valence-corrected chi connectivity index (χ4v) is 5.41. The fraction of sp³-hybridized carbons (Fsp3) is 0.250. The number of rotatable bonds is 7. The second-order valence-electron chi connectivity index (χ2n) is 10.6. The van der Waals surface area contributed by atoms with E-state index < -0.39 is 17.7 Å². The summed E-state index contributed by atoms with van der Waals surface area (Å²) in [6.45, 7) is 3.51. The molecule has 0 saturated carbocycles. The van der Waals surface area contributed by atoms with Crippen LogP contribution in [0, 0.1) is 17.2 Å². The Balaban J connectivity index is 1.22. The van der Waals surface area contributed by atoms with Crippen LogP contribution in [0.5, 0.6) is 0 Å². The molecule has 2 aliphatic heterocycles. The predicted molar refractivity (Wildman–Crippen MR) is 152 cm³/mol. The van der Waals surface area contributed by atoms with Crippen LogP contribution >= 0.6 is 0 Å². The monoisotopic (exact) mass is 567 g/mol. The molecule has 2 amide bonds. The highest BCUT2D eigenvalue weighted by atomic mass is 19.3. The number of hydrogen-bond acceptors (Lipinski definition) is 5. The smallest absolute Gasteiger partial charge is 0.298 e. The van der Waals surface area contributed by atoms with E-state index in [-0.39, 0.29) is 34.1 Å². The summed E-state index contributed by atoms with van der Waals surface area (Å²) in [5.41, 5.74) is 2.12. The number of halogens is 2. The number of fused-ring (bicyclic) bond motifs is 1. The second kappa shape index (κ2) is 10.8. The molecular weight excluding hydrogens is 540 g/mol. The van der Waals surface area contributed by atoms with Crippen molar-refractivity contribution in [3.05, 3.63) is 113 Å². The van der Waals surface area contributed by atoms with Crippen molar-refractivity contribution in [1.29, 1.82) is 5.26 Å². The molecular formula is C32H27F2N5O3. The lowest BCUT2D eigenvalue weighted by molar-refractivity contribution is -0.0312. The molecule has 0 spiro atoms. The first-order valence-electron chi connectivity index (χ1n) is 13.6. The third-order valence-corrected chi connectivity index (χ3v) is 7.74. The van der Waals surface area contributed by atoms with Gasteiger partial charge in [-0.3, -0.25) is 14.3 Å². The number of nitriles is 1. The number of benzene rings is 3. The van der Waals surface area contributed by atoms with Gasteiger partial charge in [0.2, 0.25) is 0 Å². The predicted octanol–water partition coefficient (Wildman–Crippen LogP) is 5.38. The first-order chi connectivity index (χ1) is 20.3. The van der Waals surface area contributed by atoms with Gasteiger partial charge in [-0.1, -0.05) is 48.5 Å². The molecule has 4 aromatic rings. The molecule has 0 aliphatic carbocycles. The number of nitrogens with zero attached hydrogens (tertiary/aromatic N) is 4. The summed E-state index contributed by atoms with van der Waals surface area (Å²) in [6, 6.07) is 20.0. The Hall–Kier alpha value is -4.88. The van der Waals surface area contributed by atoms with Crippen molar-refractivity contribution in [2.45, 2.75) is 31.9 Å². The number of amides is 2. The van der Waals surface area contributed by atoms with Gasteiger partial charge >= 0.3 is 0 Å². The van der Waals surface area contributed by atoms with Crippen molar-refractivity contribution >= 4 is 23.2 Å². The molecule has 3 aromatic carbocycles. The number of ether oxygens (including phenoxy) is 1. The van der Waals surface area contributed by atoms with Gasteiger partial charge in [-0.05, 0) is 43.2 Å². The summed E-state index contributed by atoms with van der Waals surface area (Å²) in [6.07, 6.45) is 2.12. The standard InChI is InChI=1S/C32H27F2N5O3/c1-20-17-38-29(31(41)39(20)27-11-9-26(10-12-27)32(33,34)25-5-3-2-4-6-25)28(16-36-38)37-30(40)23-8-7-22(24(14-23)15-35)13-21-18-42-19-21/h2-12,14,16,20-21H,13,17-19H2,1H3,(H,37,40). The maximum atomic E-state index is 15.1. The number of aromatic nitrogens is 2. The van der Waals surface area contributed by atoms with Crippen molar-refractivity contribution in [2.75, 3.05) is 23.4 Å². The lowest BCUT2D eigenvalue weighted by Gasteiger charge is -2.34. The lowest BCUT2D eigenvalue weighted by atomic mass is 9.93. The molecule has 6 rings (SSSR count). The topological polar surface area (TPSA) is 100 Å². The Kier molecular flexibility index (Phi) is 7.04. The fourth-order valence-electron chi connectivity index (χ4n) is 5.41. The van der Waals surface area contributed by atoms with E-state index in [1.165, 1.54) is 52.2 Å². The molecule has 0 bridgehead atoms. The summed E-state index contributed by atoms with van der Waals surface area (Å²) in [7, 11) is 0. The third kappa shape index (κ3) is 4.92. The molecule has 1 unspecified atom stereocenters. The highest BCUT2D eigenvalue weighted by Crippen LogP contribution is 2.37. The van der Waals surface area contributed by atoms with Crippen LogP contribution < -0.4 is 10.2 Å². The molecule has 1 N–H and O–H groups in total. The van der Waals surface area contributed by atoms with Gasteiger partial charge < -0.3 is 15.0 Å². The number of carbonyl (C=O) groups excluding carboxylic acids is 2. The Morgan fingerprint density at radius 3 is 2.48 bits per heavy atom. The van der Waals surface area contributed by atoms with Gasteiger partial charge in [0.1, 0.15) is 5.69 Å². The Bertz CT molecular complexity index is 1690. The molecule has 212 valence electrons. The van der Waals surface area contributed by atoms with E-state index in [4.69, 9.17) is 4.74 Å². The normalized spacial score (nSPS) is 16.9. The van der Waals surface area contributed by atoms with Gasteiger partial charge in [0.15, 0.2) is 0 Å². The van der Waals surface area contributed by atoms with E-state index in [9.17, 15) is 14.9 Å². The van der Waals surface area contributed by atoms with Crippen molar-refractivity contribution in [2.24, 2.45) is 5.92 Å². The number of hydrogen-bond donors (Lipinski definition) is 1. The van der Waals surface area contributed by atoms with Crippen LogP contribution in [0.4, 0.5) is 20.2 Å². The molecule has 1 fully saturated rings. The quantitative estimate of drug-likeness (QED) is 0.323. The van der Waals surface area contributed by atoms with Crippen molar-refractivity contribution in [1.82, 2.24) is 9.78 Å². The minimum atomic E-state index is -3.19. The van der Waals surface area contributed by atoms with Gasteiger partial charge in [-0.25, -0.2) is 0 Å². The van der Waals surface area contributed by atoms with Gasteiger partial charge in [0.05, 0.1) is 49.3 Å². The van der Waals surface area contributed by atoms with Gasteiger partial charge in [0.25, 0.3) is 17.7 Å². The zero-order valence-corrected chi connectivity index (χ0v) is 22.8. The highest BCUT2D eigenvalue weighted by Gasteiger charge is 2.37. The first-order valence-corrected chi connectivity index (χ1v) is 13.6. The Morgan fingerprint density at radius 2 is 1.81 bits per heavy atom. The average molecular weight is 568 g/mol. The summed E-state index contributed by atoms with van der Waals surface area (Å²) in [4.78, 5) is 28.4. The van der Waals surface area contributed by atoms with Crippen LogP contribution in [0.15, 0.2) is 79.0 Å². The van der Waals surface area contributed by atoms with Crippen LogP contribution in [-0.4, -0.2) is 40.9 Å². The van der Waals surface area contributed by atoms with Gasteiger partial charge in [0, 0.05) is 28.3 Å². The van der Waals surface area contributed by atoms with E-state index in [2.05, 4.69) is 16.5 Å². The minimum absolute atomic E-state index is 0.117. The summed E-state index contributed by atoms with van der Waals surface area (Å²) >= 11 is 0. The van der Waals surface area contributed by atoms with Crippen LogP contribution in [-0.2, 0) is 23.6 Å². The number of carbonyl (C=O) groups is 2. The zero-order chi connectivity index (χ0) is 29.4. The van der Waals surface area contributed by atoms with Crippen LogP contribution in [0.1, 0.15) is 50.0 Å². The molecule has 42 heavy (non-hydrogen) atoms. The maximum Gasteiger partial charge on any atom is 0.298 e. The number of alkyl halides is 2. The van der Waals surface area contributed by atoms with Crippen molar-refractivity contribution in [3.8, 4) is 6.07 Å². The minimum Gasteiger partial charge on any atom is -0.381 e. The summed E-state index contributed by atoms with van der Waals surface area (Å²) in [5.74, 6) is -3.72. The molecule has 1 saturated heterocycles. The third-order valence-electron chi connectivity index (χ3n) is 7.74. The lowest BCUT2D eigenvalue weighted by Crippen LogP contribution is -2.47. The Labute approximate surface area is 241 Å². The number of nitrogens with one attached hydrogen (secondary N) is 1. The summed E-state index contributed by atoms with van der Waals surface area (Å²) < 4.78 is 36.9. The second-order valence-corrected chi connectivity index (χ2v) is 10.6. The highest BCUT2D eigenvalue weighted by molar-refractivity contribution is 6.13. The first kappa shape index (κ1) is 27.3. The maximum absolute atomic E-state index is 15.1. The van der Waals surface area contributed by atoms with E-state index in [1.807, 2.05) is 6.92 Å². The van der Waals surface area contributed by atoms with E-state index in [0.29, 0.717) is 43.3 Å². The molecule has 0 radical (unpaired) electrons. The van der Waals surface area contributed by atoms with Crippen LogP contribution in [0.3, 0.4) is 0 Å². The molecule has 1 atom stereocenters. The van der Waals surface area contributed by atoms with E-state index in [0.717, 1.165) is 5.56 Å². The molecule has 3 heterocycles. The molecule has 1 aromatic heterocycles. The number of anilines is 2. The zero-order valence-electron chi connectivity index (χ0n) is 22.8. The molecule has 10 heteroatoms. The van der Waals surface area contributed by atoms with Gasteiger partial charge in [-0.15, -0.1) is 0 Å². The molecule has 8 nitrogen and oxygen atoms in total. The van der Waals surface area contributed by atoms with Crippen molar-refractivity contribution < 1.29 is 23.1 Å². The molecule has 2 aliphatic rings. The SMILES string of the molecule is CC1Cn2ncc(NC(=O)c3ccc(CC4COC4)c(C#N)c3)c2C(=O)N1c1ccc(C(F)(F)c2ccccc2)cc1. The average Bonchev–Trinajstić information content (AvgIpc) is 3.37. The van der Waals surface area contributed by atoms with Crippen molar-refractivity contribution in [3.63, 3.8) is 0 Å².